The average Bonchev–Trinajstić information content (AvgIpc) is 2.89. The predicted molar refractivity (Wildman–Crippen MR) is 56.7 cm³/mol. The van der Waals surface area contributed by atoms with Crippen molar-refractivity contribution < 1.29 is 9.50 Å². The van der Waals surface area contributed by atoms with Gasteiger partial charge in [-0.2, -0.15) is 0 Å². The van der Waals surface area contributed by atoms with Crippen molar-refractivity contribution in [3.8, 4) is 0 Å². The lowest BCUT2D eigenvalue weighted by molar-refractivity contribution is 0.379. The van der Waals surface area contributed by atoms with E-state index >= 15 is 0 Å². The Balaban J connectivity index is 2.20. The van der Waals surface area contributed by atoms with Gasteiger partial charge in [0.25, 0.3) is 0 Å². The summed E-state index contributed by atoms with van der Waals surface area (Å²) in [5.74, 6) is 0.320. The van der Waals surface area contributed by atoms with Gasteiger partial charge in [-0.15, -0.1) is 0 Å². The maximum atomic E-state index is 13.2. The minimum atomic E-state index is -0.253. The van der Waals surface area contributed by atoms with Gasteiger partial charge in [0.15, 0.2) is 0 Å². The second-order valence-electron chi connectivity index (χ2n) is 3.61. The molecule has 1 saturated carbocycles. The van der Waals surface area contributed by atoms with Crippen molar-refractivity contribution in [1.29, 1.82) is 0 Å². The number of aliphatic hydroxyl groups excluding tert-OH is 1. The molecular formula is C11H10BrFO. The minimum absolute atomic E-state index is 0.121. The Bertz CT molecular complexity index is 389. The summed E-state index contributed by atoms with van der Waals surface area (Å²) in [5, 5.41) is 9.15. The van der Waals surface area contributed by atoms with E-state index in [0.29, 0.717) is 4.47 Å². The highest BCUT2D eigenvalue weighted by atomic mass is 79.9. The van der Waals surface area contributed by atoms with Crippen LogP contribution >= 0.6 is 15.9 Å². The van der Waals surface area contributed by atoms with E-state index in [-0.39, 0.29) is 23.4 Å². The SMILES string of the molecule is C=C(O)[C@H]1C[C@@H]1c1ccc(Br)c(F)c1. The zero-order valence-corrected chi connectivity index (χ0v) is 9.09. The van der Waals surface area contributed by atoms with Crippen LogP contribution in [0.1, 0.15) is 17.9 Å². The highest BCUT2D eigenvalue weighted by Gasteiger charge is 2.40. The quantitative estimate of drug-likeness (QED) is 0.799. The summed E-state index contributed by atoms with van der Waals surface area (Å²) < 4.78 is 13.6. The number of benzene rings is 1. The molecule has 1 N–H and O–H groups in total. The summed E-state index contributed by atoms with van der Waals surface area (Å²) in [6.45, 7) is 3.49. The number of halogens is 2. The summed E-state index contributed by atoms with van der Waals surface area (Å²) in [7, 11) is 0. The van der Waals surface area contributed by atoms with Gasteiger partial charge in [-0.25, -0.2) is 4.39 Å². The van der Waals surface area contributed by atoms with Crippen LogP contribution in [-0.2, 0) is 0 Å². The van der Waals surface area contributed by atoms with E-state index in [1.54, 1.807) is 6.07 Å². The molecule has 0 unspecified atom stereocenters. The van der Waals surface area contributed by atoms with Crippen LogP contribution in [0.4, 0.5) is 4.39 Å². The van der Waals surface area contributed by atoms with E-state index in [2.05, 4.69) is 22.5 Å². The van der Waals surface area contributed by atoms with Crippen molar-refractivity contribution in [3.63, 3.8) is 0 Å². The lowest BCUT2D eigenvalue weighted by Gasteiger charge is -2.01. The van der Waals surface area contributed by atoms with Crippen LogP contribution < -0.4 is 0 Å². The highest BCUT2D eigenvalue weighted by molar-refractivity contribution is 9.10. The van der Waals surface area contributed by atoms with E-state index < -0.39 is 0 Å². The topological polar surface area (TPSA) is 20.2 Å². The molecule has 0 radical (unpaired) electrons. The normalized spacial score (nSPS) is 24.7. The van der Waals surface area contributed by atoms with Gasteiger partial charge in [0.1, 0.15) is 5.82 Å². The maximum absolute atomic E-state index is 13.2. The van der Waals surface area contributed by atoms with Crippen LogP contribution in [0.25, 0.3) is 0 Å². The molecule has 0 saturated heterocycles. The Kier molecular flexibility index (Phi) is 2.35. The molecule has 0 amide bonds. The van der Waals surface area contributed by atoms with Crippen molar-refractivity contribution in [1.82, 2.24) is 0 Å². The molecule has 14 heavy (non-hydrogen) atoms. The van der Waals surface area contributed by atoms with Gasteiger partial charge in [0.2, 0.25) is 0 Å². The molecule has 2 atom stereocenters. The maximum Gasteiger partial charge on any atom is 0.137 e. The summed E-state index contributed by atoms with van der Waals surface area (Å²) in [4.78, 5) is 0. The first-order chi connectivity index (χ1) is 6.59. The Labute approximate surface area is 90.4 Å². The van der Waals surface area contributed by atoms with Gasteiger partial charge < -0.3 is 5.11 Å². The first-order valence-corrected chi connectivity index (χ1v) is 5.21. The molecule has 1 aromatic rings. The summed E-state index contributed by atoms with van der Waals surface area (Å²) >= 11 is 3.10. The van der Waals surface area contributed by atoms with Crippen LogP contribution in [0.15, 0.2) is 35.0 Å². The second kappa shape index (κ2) is 3.39. The number of allylic oxidation sites excluding steroid dienone is 1. The van der Waals surface area contributed by atoms with Crippen LogP contribution in [-0.4, -0.2) is 5.11 Å². The van der Waals surface area contributed by atoms with Crippen molar-refractivity contribution in [2.45, 2.75) is 12.3 Å². The molecule has 1 aromatic carbocycles. The third kappa shape index (κ3) is 1.69. The molecule has 3 heteroatoms. The molecule has 0 bridgehead atoms. The Morgan fingerprint density at radius 1 is 1.57 bits per heavy atom. The zero-order chi connectivity index (χ0) is 10.3. The minimum Gasteiger partial charge on any atom is -0.513 e. The molecule has 0 spiro atoms. The van der Waals surface area contributed by atoms with Gasteiger partial charge in [-0.3, -0.25) is 0 Å². The molecule has 2 rings (SSSR count). The van der Waals surface area contributed by atoms with Crippen LogP contribution in [0.2, 0.25) is 0 Å². The lowest BCUT2D eigenvalue weighted by Crippen LogP contribution is -1.88. The molecular weight excluding hydrogens is 247 g/mol. The van der Waals surface area contributed by atoms with Gasteiger partial charge in [-0.1, -0.05) is 12.6 Å². The van der Waals surface area contributed by atoms with E-state index in [9.17, 15) is 4.39 Å². The van der Waals surface area contributed by atoms with Gasteiger partial charge in [0, 0.05) is 5.92 Å². The Morgan fingerprint density at radius 3 is 2.79 bits per heavy atom. The molecule has 0 heterocycles. The largest absolute Gasteiger partial charge is 0.513 e. The predicted octanol–water partition coefficient (Wildman–Crippen LogP) is 3.76. The standard InChI is InChI=1S/C11H10BrFO/c1-6(14)8-5-9(8)7-2-3-10(12)11(13)4-7/h2-4,8-9,14H,1,5H2/t8-,9-/m1/s1. The van der Waals surface area contributed by atoms with E-state index in [1.165, 1.54) is 6.07 Å². The summed E-state index contributed by atoms with van der Waals surface area (Å²) in [6, 6.07) is 5.08. The van der Waals surface area contributed by atoms with Crippen molar-refractivity contribution in [2.75, 3.05) is 0 Å². The Hall–Kier alpha value is -0.830. The van der Waals surface area contributed by atoms with E-state index in [4.69, 9.17) is 5.11 Å². The zero-order valence-electron chi connectivity index (χ0n) is 7.50. The number of hydrogen-bond donors (Lipinski definition) is 1. The second-order valence-corrected chi connectivity index (χ2v) is 4.47. The van der Waals surface area contributed by atoms with Gasteiger partial charge >= 0.3 is 0 Å². The van der Waals surface area contributed by atoms with Gasteiger partial charge in [0.05, 0.1) is 10.2 Å². The van der Waals surface area contributed by atoms with Crippen LogP contribution in [0.3, 0.4) is 0 Å². The summed E-state index contributed by atoms with van der Waals surface area (Å²) in [5.41, 5.74) is 0.936. The average molecular weight is 257 g/mol. The molecule has 1 nitrogen and oxygen atoms in total. The third-order valence-electron chi connectivity index (χ3n) is 2.59. The van der Waals surface area contributed by atoms with Crippen molar-refractivity contribution >= 4 is 15.9 Å². The third-order valence-corrected chi connectivity index (χ3v) is 3.23. The van der Waals surface area contributed by atoms with Crippen molar-refractivity contribution in [3.05, 3.63) is 46.4 Å². The molecule has 1 aliphatic rings. The fourth-order valence-corrected chi connectivity index (χ4v) is 1.92. The fraction of sp³-hybridized carbons (Fsp3) is 0.273. The van der Waals surface area contributed by atoms with Crippen molar-refractivity contribution in [2.24, 2.45) is 5.92 Å². The molecule has 0 aromatic heterocycles. The Morgan fingerprint density at radius 2 is 2.29 bits per heavy atom. The fourth-order valence-electron chi connectivity index (χ4n) is 1.67. The molecule has 74 valence electrons. The van der Waals surface area contributed by atoms with Crippen LogP contribution in [0.5, 0.6) is 0 Å². The van der Waals surface area contributed by atoms with Gasteiger partial charge in [-0.05, 0) is 46.0 Å². The molecule has 0 aliphatic heterocycles. The number of aliphatic hydroxyl groups is 1. The molecule has 1 fully saturated rings. The highest BCUT2D eigenvalue weighted by Crippen LogP contribution is 2.50. The van der Waals surface area contributed by atoms with Crippen LogP contribution in [0, 0.1) is 11.7 Å². The van der Waals surface area contributed by atoms with E-state index in [0.717, 1.165) is 12.0 Å². The number of rotatable bonds is 2. The monoisotopic (exact) mass is 256 g/mol. The lowest BCUT2D eigenvalue weighted by atomic mass is 10.1. The smallest absolute Gasteiger partial charge is 0.137 e. The first kappa shape index (κ1) is 9.71. The molecule has 1 aliphatic carbocycles. The summed E-state index contributed by atoms with van der Waals surface area (Å²) in [6.07, 6.45) is 0.871. The number of hydrogen-bond acceptors (Lipinski definition) is 1. The van der Waals surface area contributed by atoms with E-state index in [1.807, 2.05) is 6.07 Å². The first-order valence-electron chi connectivity index (χ1n) is 4.42.